The fourth-order valence-corrected chi connectivity index (χ4v) is 21.9. The van der Waals surface area contributed by atoms with Crippen molar-refractivity contribution in [2.75, 3.05) is 13.1 Å². The summed E-state index contributed by atoms with van der Waals surface area (Å²) >= 11 is 0. The predicted molar refractivity (Wildman–Crippen MR) is 354 cm³/mol. The maximum Gasteiger partial charge on any atom is 0.169 e. The number of phenols is 5. The van der Waals surface area contributed by atoms with E-state index in [-0.39, 0.29) is 86.4 Å². The smallest absolute Gasteiger partial charge is 0.169 e. The lowest BCUT2D eigenvalue weighted by Gasteiger charge is -2.75. The number of aliphatic hydroxyl groups excluding tert-OH is 1. The first kappa shape index (κ1) is 58.0. The van der Waals surface area contributed by atoms with Gasteiger partial charge >= 0.3 is 0 Å². The number of piperidine rings is 2. The summed E-state index contributed by atoms with van der Waals surface area (Å²) in [5.74, 6) is 1.19. The van der Waals surface area contributed by atoms with Gasteiger partial charge in [-0.3, -0.25) is 0 Å². The maximum atomic E-state index is 13.2. The van der Waals surface area contributed by atoms with Crippen LogP contribution in [0.25, 0.3) is 22.9 Å². The molecule has 2 bridgehead atoms. The van der Waals surface area contributed by atoms with Gasteiger partial charge in [-0.25, -0.2) is 4.98 Å². The first-order valence-electron chi connectivity index (χ1n) is 34.4. The molecule has 90 heavy (non-hydrogen) atoms. The van der Waals surface area contributed by atoms with Gasteiger partial charge in [0.05, 0.1) is 17.8 Å². The molecule has 3 spiro atoms. The van der Waals surface area contributed by atoms with Crippen molar-refractivity contribution in [2.45, 2.75) is 170 Å². The second-order valence-corrected chi connectivity index (χ2v) is 29.6. The number of aryl methyl sites for hydroxylation is 1. The summed E-state index contributed by atoms with van der Waals surface area (Å²) < 4.78 is 0. The lowest BCUT2D eigenvalue weighted by Crippen LogP contribution is -2.78. The van der Waals surface area contributed by atoms with E-state index < -0.39 is 11.5 Å². The van der Waals surface area contributed by atoms with Crippen LogP contribution in [-0.4, -0.2) is 82.9 Å². The van der Waals surface area contributed by atoms with Gasteiger partial charge in [0, 0.05) is 77.3 Å². The molecule has 7 aromatic rings. The average molecular weight is 1210 g/mol. The molecule has 0 amide bonds. The molecule has 5 aromatic carbocycles. The molecule has 2 aromatic heterocycles. The zero-order chi connectivity index (χ0) is 60.9. The van der Waals surface area contributed by atoms with Gasteiger partial charge < -0.3 is 56.6 Å². The number of fused-ring (bicyclic) bond motifs is 7. The molecule has 468 valence electrons. The fraction of sp³-hybridized carbons (Fsp3) is 0.474. The van der Waals surface area contributed by atoms with Crippen LogP contribution >= 0.6 is 0 Å². The number of H-pyrrole nitrogens is 2. The third kappa shape index (κ3) is 9.44. The fourth-order valence-electron chi connectivity index (χ4n) is 21.9. The molecule has 2 saturated heterocycles. The molecule has 5 saturated carbocycles. The zero-order valence-electron chi connectivity index (χ0n) is 51.9. The third-order valence-electron chi connectivity index (χ3n) is 25.6. The van der Waals surface area contributed by atoms with Crippen molar-refractivity contribution >= 4 is 22.9 Å². The van der Waals surface area contributed by atoms with Gasteiger partial charge in [-0.05, 0) is 205 Å². The number of nitrogens with one attached hydrogen (secondary N) is 5. The highest BCUT2D eigenvalue weighted by molar-refractivity contribution is 6.03. The highest BCUT2D eigenvalue weighted by atomic mass is 16.3. The van der Waals surface area contributed by atoms with Gasteiger partial charge in [0.2, 0.25) is 0 Å². The van der Waals surface area contributed by atoms with Crippen LogP contribution in [0.2, 0.25) is 0 Å². The molecule has 14 atom stereocenters. The number of imidazole rings is 1. The van der Waals surface area contributed by atoms with E-state index in [4.69, 9.17) is 10.3 Å². The van der Waals surface area contributed by atoms with E-state index in [1.807, 2.05) is 18.5 Å². The molecule has 6 aliphatic carbocycles. The van der Waals surface area contributed by atoms with Crippen LogP contribution in [0.3, 0.4) is 0 Å². The quantitative estimate of drug-likeness (QED) is 0.0203. The zero-order valence-corrected chi connectivity index (χ0v) is 51.9. The second kappa shape index (κ2) is 22.9. The van der Waals surface area contributed by atoms with Gasteiger partial charge in [0.1, 0.15) is 5.75 Å². The SMILES string of the molecule is Oc1ccc(C=Cc2c(CCc3ccc(C4CC5(CC6NC(C5)C(c5ccccc5)C=C6CNCCc5c[nH]c(CC6CCCC6)c5)C5CC6CCCC67CCC68CCCC6C=CC(O)C8C7(c6cnc[nH]6)C5N4)cc3)c(O)c(O)c3c(O)cccc23)cc1O. The van der Waals surface area contributed by atoms with Gasteiger partial charge in [0.25, 0.3) is 0 Å². The number of rotatable bonds is 15. The molecule has 3 aliphatic heterocycles. The molecule has 5 heterocycles. The van der Waals surface area contributed by atoms with E-state index in [1.54, 1.807) is 18.2 Å². The lowest BCUT2D eigenvalue weighted by atomic mass is 9.31. The van der Waals surface area contributed by atoms with E-state index in [0.717, 1.165) is 56.7 Å². The van der Waals surface area contributed by atoms with E-state index >= 15 is 0 Å². The van der Waals surface area contributed by atoms with Gasteiger partial charge in [-0.15, -0.1) is 0 Å². The summed E-state index contributed by atoms with van der Waals surface area (Å²) in [5.41, 5.74) is 10.6. The Bertz CT molecular complexity index is 3890. The van der Waals surface area contributed by atoms with E-state index in [9.17, 15) is 30.6 Å². The molecule has 11 N–H and O–H groups in total. The monoisotopic (exact) mass is 1210 g/mol. The Kier molecular flexibility index (Phi) is 14.8. The van der Waals surface area contributed by atoms with Crippen LogP contribution in [0.5, 0.6) is 28.7 Å². The van der Waals surface area contributed by atoms with Crippen molar-refractivity contribution < 1.29 is 30.6 Å². The Hall–Kier alpha value is -7.09. The summed E-state index contributed by atoms with van der Waals surface area (Å²) in [6.45, 7) is 1.76. The van der Waals surface area contributed by atoms with Crippen LogP contribution in [0.4, 0.5) is 0 Å². The molecule has 16 rings (SSSR count). The number of hydrogen-bond acceptors (Lipinski definition) is 10. The van der Waals surface area contributed by atoms with Gasteiger partial charge in [0.15, 0.2) is 23.0 Å². The van der Waals surface area contributed by atoms with Crippen molar-refractivity contribution in [1.29, 1.82) is 0 Å². The Labute approximate surface area is 529 Å². The maximum absolute atomic E-state index is 13.2. The number of hydrogen-bond donors (Lipinski definition) is 11. The Morgan fingerprint density at radius 3 is 2.36 bits per heavy atom. The Balaban J connectivity index is 0.769. The number of nitrogens with zero attached hydrogens (tertiary/aromatic N) is 1. The largest absolute Gasteiger partial charge is 0.507 e. The summed E-state index contributed by atoms with van der Waals surface area (Å²) in [4.78, 5) is 12.6. The molecule has 12 heteroatoms. The summed E-state index contributed by atoms with van der Waals surface area (Å²) in [6, 6.07) is 33.2. The number of aliphatic hydroxyl groups is 1. The minimum absolute atomic E-state index is 0.00168. The number of aromatic hydroxyl groups is 5. The molecule has 12 nitrogen and oxygen atoms in total. The molecular weight excluding hydrogens is 1120 g/mol. The second-order valence-electron chi connectivity index (χ2n) is 29.6. The molecule has 14 unspecified atom stereocenters. The Morgan fingerprint density at radius 2 is 1.52 bits per heavy atom. The minimum atomic E-state index is -0.565. The van der Waals surface area contributed by atoms with Crippen LogP contribution in [0.1, 0.15) is 165 Å². The minimum Gasteiger partial charge on any atom is -0.507 e. The van der Waals surface area contributed by atoms with Crippen LogP contribution in [0.15, 0.2) is 140 Å². The standard InChI is InChI=1S/C78H90N6O6/c85-65-27-21-49(37-68(65)88)20-25-57-58-15-6-16-66(86)70(58)72(90)71(89)59(57)26-19-47-17-22-52(23-18-47)62-40-75(41-63-53(38-60(64(42-75)83-63)51-11-2-1-3-12-51)44-79-34-29-50-36-56(81-43-50)35-48-9-4-5-10-48)61-39-55-14-8-31-77(55)33-32-76-30-7-13-54(76)24-28-67(87)73(76)78(77,74(61)84-62)69-45-80-46-82-69/h1-3,6,11-12,15-18,20-25,27-28,36-38,43,45-46,48,54-55,60-64,67,73-74,79,81,83-90H,4-5,7-10,13-14,19,26,29-35,39-42,44H2,(H,80,82). The highest BCUT2D eigenvalue weighted by Crippen LogP contribution is 2.79. The summed E-state index contributed by atoms with van der Waals surface area (Å²) in [6.07, 6.45) is 39.3. The molecular formula is C78H90N6O6. The van der Waals surface area contributed by atoms with Crippen LogP contribution in [-0.2, 0) is 31.1 Å². The van der Waals surface area contributed by atoms with Crippen molar-refractivity contribution in [3.8, 4) is 28.7 Å². The van der Waals surface area contributed by atoms with Gasteiger partial charge in [-0.1, -0.05) is 142 Å². The predicted octanol–water partition coefficient (Wildman–Crippen LogP) is 14.0. The molecule has 0 radical (unpaired) electrons. The number of aromatic nitrogens is 3. The van der Waals surface area contributed by atoms with E-state index in [2.05, 4.69) is 112 Å². The normalized spacial score (nSPS) is 33.5. The van der Waals surface area contributed by atoms with E-state index in [0.29, 0.717) is 52.7 Å². The first-order valence-corrected chi connectivity index (χ1v) is 34.4. The van der Waals surface area contributed by atoms with Crippen molar-refractivity contribution in [1.82, 2.24) is 30.9 Å². The van der Waals surface area contributed by atoms with Crippen molar-refractivity contribution in [3.05, 3.63) is 190 Å². The average Bonchev–Trinajstić information content (AvgIpc) is 1.18. The van der Waals surface area contributed by atoms with E-state index in [1.165, 1.54) is 135 Å². The number of benzene rings is 5. The summed E-state index contributed by atoms with van der Waals surface area (Å²) in [7, 11) is 0. The Morgan fingerprint density at radius 1 is 0.678 bits per heavy atom. The lowest BCUT2D eigenvalue weighted by molar-refractivity contribution is -0.217. The molecule has 7 fully saturated rings. The molecule has 9 aliphatic rings. The first-order chi connectivity index (χ1) is 43.9. The number of phenolic OH excluding ortho intramolecular Hbond substituents is 5. The van der Waals surface area contributed by atoms with Crippen LogP contribution < -0.4 is 16.0 Å². The van der Waals surface area contributed by atoms with Crippen molar-refractivity contribution in [3.63, 3.8) is 0 Å². The third-order valence-corrected chi connectivity index (χ3v) is 25.6. The van der Waals surface area contributed by atoms with Crippen molar-refractivity contribution in [2.24, 2.45) is 45.8 Å². The number of allylic oxidation sites excluding steroid dienone is 1. The van der Waals surface area contributed by atoms with Gasteiger partial charge in [-0.2, -0.15) is 0 Å². The highest BCUT2D eigenvalue weighted by Gasteiger charge is 2.78. The summed E-state index contributed by atoms with van der Waals surface area (Å²) in [5, 5.41) is 81.9. The topological polar surface area (TPSA) is 202 Å². The van der Waals surface area contributed by atoms with Crippen LogP contribution in [0, 0.1) is 45.8 Å². The number of aromatic amines is 2.